The Bertz CT molecular complexity index is 605. The molecule has 0 aliphatic carbocycles. The lowest BCUT2D eigenvalue weighted by Gasteiger charge is -2.07. The predicted molar refractivity (Wildman–Crippen MR) is 107 cm³/mol. The van der Waals surface area contributed by atoms with Gasteiger partial charge < -0.3 is 15.8 Å². The van der Waals surface area contributed by atoms with Gasteiger partial charge in [0.1, 0.15) is 11.6 Å². The Balaban J connectivity index is 0.00000288. The van der Waals surface area contributed by atoms with Gasteiger partial charge in [-0.15, -0.1) is 24.0 Å². The van der Waals surface area contributed by atoms with Gasteiger partial charge in [-0.05, 0) is 36.2 Å². The molecule has 0 fully saturated rings. The molecule has 3 N–H and O–H groups in total. The Morgan fingerprint density at radius 2 is 1.79 bits per heavy atom. The number of hydrogen-bond donors (Lipinski definition) is 2. The molecule has 0 saturated heterocycles. The highest BCUT2D eigenvalue weighted by Crippen LogP contribution is 2.11. The van der Waals surface area contributed by atoms with E-state index < -0.39 is 0 Å². The van der Waals surface area contributed by atoms with E-state index in [4.69, 9.17) is 10.5 Å². The van der Waals surface area contributed by atoms with Crippen LogP contribution in [0.5, 0.6) is 5.75 Å². The molecule has 0 aliphatic heterocycles. The quantitative estimate of drug-likeness (QED) is 0.285. The van der Waals surface area contributed by atoms with Gasteiger partial charge in [0.25, 0.3) is 0 Å². The van der Waals surface area contributed by atoms with Crippen LogP contribution >= 0.6 is 24.0 Å². The van der Waals surface area contributed by atoms with E-state index in [2.05, 4.69) is 22.4 Å². The van der Waals surface area contributed by atoms with E-state index in [0.29, 0.717) is 24.9 Å². The Labute approximate surface area is 159 Å². The lowest BCUT2D eigenvalue weighted by Crippen LogP contribution is -2.33. The van der Waals surface area contributed by atoms with Gasteiger partial charge in [-0.1, -0.05) is 30.3 Å². The van der Waals surface area contributed by atoms with E-state index >= 15 is 0 Å². The molecule has 2 rings (SSSR count). The molecule has 2 aromatic rings. The molecular weight excluding hydrogens is 420 g/mol. The molecule has 24 heavy (non-hydrogen) atoms. The number of hydrogen-bond acceptors (Lipinski definition) is 2. The maximum absolute atomic E-state index is 12.7. The van der Waals surface area contributed by atoms with Crippen LogP contribution in [0.1, 0.15) is 12.0 Å². The summed E-state index contributed by atoms with van der Waals surface area (Å²) in [5, 5.41) is 3.09. The molecule has 2 aromatic carbocycles. The molecule has 0 spiro atoms. The molecule has 0 saturated carbocycles. The molecule has 0 unspecified atom stereocenters. The first-order valence-corrected chi connectivity index (χ1v) is 7.70. The van der Waals surface area contributed by atoms with Gasteiger partial charge in [0.05, 0.1) is 6.61 Å². The van der Waals surface area contributed by atoms with Crippen molar-refractivity contribution in [2.24, 2.45) is 10.7 Å². The van der Waals surface area contributed by atoms with Crippen LogP contribution in [0.25, 0.3) is 0 Å². The van der Waals surface area contributed by atoms with E-state index in [9.17, 15) is 4.39 Å². The second-order valence-corrected chi connectivity index (χ2v) is 5.09. The number of ether oxygens (including phenoxy) is 1. The Kier molecular flexibility index (Phi) is 9.83. The van der Waals surface area contributed by atoms with Crippen LogP contribution in [0.2, 0.25) is 0 Å². The summed E-state index contributed by atoms with van der Waals surface area (Å²) >= 11 is 0. The normalized spacial score (nSPS) is 10.8. The average molecular weight is 443 g/mol. The van der Waals surface area contributed by atoms with Crippen molar-refractivity contribution in [2.75, 3.05) is 19.7 Å². The number of nitrogens with two attached hydrogens (primary N) is 1. The second-order valence-electron chi connectivity index (χ2n) is 5.09. The monoisotopic (exact) mass is 443 g/mol. The van der Waals surface area contributed by atoms with Crippen LogP contribution in [-0.4, -0.2) is 25.7 Å². The predicted octanol–water partition coefficient (Wildman–Crippen LogP) is 3.36. The highest BCUT2D eigenvalue weighted by molar-refractivity contribution is 14.0. The van der Waals surface area contributed by atoms with Crippen LogP contribution in [0.3, 0.4) is 0 Å². The number of halogens is 2. The number of rotatable bonds is 8. The van der Waals surface area contributed by atoms with Gasteiger partial charge in [-0.3, -0.25) is 4.99 Å². The number of nitrogens with zero attached hydrogens (tertiary/aromatic N) is 1. The SMILES string of the molecule is I.NC(=NCCCOc1ccc(F)cc1)NCCc1ccccc1. The first-order chi connectivity index (χ1) is 11.2. The van der Waals surface area contributed by atoms with Crippen LogP contribution in [-0.2, 0) is 6.42 Å². The third kappa shape index (κ3) is 8.14. The van der Waals surface area contributed by atoms with Crippen LogP contribution in [0.4, 0.5) is 4.39 Å². The lowest BCUT2D eigenvalue weighted by atomic mass is 10.1. The fourth-order valence-corrected chi connectivity index (χ4v) is 2.02. The fourth-order valence-electron chi connectivity index (χ4n) is 2.02. The molecule has 130 valence electrons. The van der Waals surface area contributed by atoms with E-state index in [1.807, 2.05) is 18.2 Å². The molecule has 0 amide bonds. The van der Waals surface area contributed by atoms with Crippen LogP contribution in [0, 0.1) is 5.82 Å². The summed E-state index contributed by atoms with van der Waals surface area (Å²) in [5.41, 5.74) is 7.07. The van der Waals surface area contributed by atoms with Gasteiger partial charge in [0, 0.05) is 19.5 Å². The van der Waals surface area contributed by atoms with Gasteiger partial charge in [-0.2, -0.15) is 0 Å². The van der Waals surface area contributed by atoms with Gasteiger partial charge in [0.15, 0.2) is 5.96 Å². The number of guanidine groups is 1. The maximum atomic E-state index is 12.7. The fraction of sp³-hybridized carbons (Fsp3) is 0.278. The first-order valence-electron chi connectivity index (χ1n) is 7.70. The van der Waals surface area contributed by atoms with Crippen molar-refractivity contribution in [1.29, 1.82) is 0 Å². The molecule has 0 heterocycles. The molecule has 0 atom stereocenters. The van der Waals surface area contributed by atoms with Crippen molar-refractivity contribution in [3.05, 3.63) is 66.0 Å². The van der Waals surface area contributed by atoms with Crippen molar-refractivity contribution in [3.8, 4) is 5.75 Å². The number of aliphatic imine (C=N–C) groups is 1. The number of nitrogens with one attached hydrogen (secondary N) is 1. The second kappa shape index (κ2) is 11.7. The molecule has 0 radical (unpaired) electrons. The molecule has 6 heteroatoms. The van der Waals surface area contributed by atoms with Crippen molar-refractivity contribution < 1.29 is 9.13 Å². The minimum Gasteiger partial charge on any atom is -0.494 e. The molecule has 4 nitrogen and oxygen atoms in total. The van der Waals surface area contributed by atoms with Gasteiger partial charge >= 0.3 is 0 Å². The molecule has 0 bridgehead atoms. The van der Waals surface area contributed by atoms with Crippen molar-refractivity contribution in [1.82, 2.24) is 5.32 Å². The van der Waals surface area contributed by atoms with Crippen molar-refractivity contribution in [3.63, 3.8) is 0 Å². The topological polar surface area (TPSA) is 59.6 Å². The van der Waals surface area contributed by atoms with E-state index in [1.54, 1.807) is 12.1 Å². The zero-order chi connectivity index (χ0) is 16.3. The van der Waals surface area contributed by atoms with Gasteiger partial charge in [0.2, 0.25) is 0 Å². The average Bonchev–Trinajstić information content (AvgIpc) is 2.57. The van der Waals surface area contributed by atoms with Crippen LogP contribution in [0.15, 0.2) is 59.6 Å². The third-order valence-electron chi connectivity index (χ3n) is 3.23. The summed E-state index contributed by atoms with van der Waals surface area (Å²) in [7, 11) is 0. The highest BCUT2D eigenvalue weighted by Gasteiger charge is 1.96. The van der Waals surface area contributed by atoms with Crippen LogP contribution < -0.4 is 15.8 Å². The maximum Gasteiger partial charge on any atom is 0.188 e. The summed E-state index contributed by atoms with van der Waals surface area (Å²) in [5.74, 6) is 0.836. The zero-order valence-corrected chi connectivity index (χ0v) is 15.8. The minimum atomic E-state index is -0.267. The zero-order valence-electron chi connectivity index (χ0n) is 13.5. The third-order valence-corrected chi connectivity index (χ3v) is 3.23. The Morgan fingerprint density at radius 3 is 2.50 bits per heavy atom. The highest BCUT2D eigenvalue weighted by atomic mass is 127. The summed E-state index contributed by atoms with van der Waals surface area (Å²) in [4.78, 5) is 4.24. The Hall–Kier alpha value is -1.83. The summed E-state index contributed by atoms with van der Waals surface area (Å²) in [6.45, 7) is 1.86. The lowest BCUT2D eigenvalue weighted by molar-refractivity contribution is 0.313. The summed E-state index contributed by atoms with van der Waals surface area (Å²) in [6.07, 6.45) is 1.66. The summed E-state index contributed by atoms with van der Waals surface area (Å²) in [6, 6.07) is 16.2. The van der Waals surface area contributed by atoms with Crippen molar-refractivity contribution in [2.45, 2.75) is 12.8 Å². The minimum absolute atomic E-state index is 0. The van der Waals surface area contributed by atoms with Gasteiger partial charge in [-0.25, -0.2) is 4.39 Å². The molecule has 0 aliphatic rings. The molecular formula is C18H23FIN3O. The Morgan fingerprint density at radius 1 is 1.08 bits per heavy atom. The molecule has 0 aromatic heterocycles. The van der Waals surface area contributed by atoms with Crippen molar-refractivity contribution >= 4 is 29.9 Å². The van der Waals surface area contributed by atoms with E-state index in [0.717, 1.165) is 19.4 Å². The van der Waals surface area contributed by atoms with E-state index in [1.165, 1.54) is 17.7 Å². The smallest absolute Gasteiger partial charge is 0.188 e. The largest absolute Gasteiger partial charge is 0.494 e. The van der Waals surface area contributed by atoms with E-state index in [-0.39, 0.29) is 29.8 Å². The first kappa shape index (κ1) is 20.2. The summed E-state index contributed by atoms with van der Waals surface area (Å²) < 4.78 is 18.2. The standard InChI is InChI=1S/C18H22FN3O.HI/c19-16-7-9-17(10-8-16)23-14-4-12-21-18(20)22-13-11-15-5-2-1-3-6-15;/h1-3,5-10H,4,11-14H2,(H3,20,21,22);1H. The number of benzene rings is 2.